The van der Waals surface area contributed by atoms with Gasteiger partial charge < -0.3 is 14.4 Å². The van der Waals surface area contributed by atoms with E-state index < -0.39 is 0 Å². The van der Waals surface area contributed by atoms with Gasteiger partial charge in [-0.15, -0.1) is 0 Å². The van der Waals surface area contributed by atoms with Crippen molar-refractivity contribution in [2.75, 3.05) is 39.4 Å². The van der Waals surface area contributed by atoms with Crippen LogP contribution in [0.1, 0.15) is 259 Å². The maximum Gasteiger partial charge on any atom is 0.305 e. The van der Waals surface area contributed by atoms with Gasteiger partial charge in [0, 0.05) is 19.4 Å². The van der Waals surface area contributed by atoms with Crippen LogP contribution in [-0.4, -0.2) is 56.2 Å². The van der Waals surface area contributed by atoms with Crippen LogP contribution in [-0.2, 0) is 19.1 Å². The van der Waals surface area contributed by atoms with Crippen molar-refractivity contribution in [1.82, 2.24) is 4.90 Å². The molecule has 0 aliphatic rings. The van der Waals surface area contributed by atoms with Crippen molar-refractivity contribution in [2.24, 2.45) is 17.0 Å². The highest BCUT2D eigenvalue weighted by Gasteiger charge is 2.15. The largest absolute Gasteiger partial charge is 0.465 e. The minimum Gasteiger partial charge on any atom is -0.465 e. The van der Waals surface area contributed by atoms with Gasteiger partial charge in [-0.1, -0.05) is 213 Å². The van der Waals surface area contributed by atoms with E-state index in [1.807, 2.05) is 0 Å². The van der Waals surface area contributed by atoms with Crippen molar-refractivity contribution in [3.05, 3.63) is 4.91 Å². The predicted molar refractivity (Wildman–Crippen MR) is 245 cm³/mol. The number of rotatable bonds is 47. The maximum absolute atomic E-state index is 12.8. The number of carbonyl (C=O) groups excluding carboxylic acids is 2. The van der Waals surface area contributed by atoms with Crippen molar-refractivity contribution in [3.63, 3.8) is 0 Å². The summed E-state index contributed by atoms with van der Waals surface area (Å²) in [6.45, 7) is 12.3. The van der Waals surface area contributed by atoms with Crippen LogP contribution in [0.25, 0.3) is 0 Å². The van der Waals surface area contributed by atoms with Gasteiger partial charge in [0.05, 0.1) is 19.8 Å². The average Bonchev–Trinajstić information content (AvgIpc) is 3.21. The van der Waals surface area contributed by atoms with Gasteiger partial charge in [0.15, 0.2) is 0 Å². The van der Waals surface area contributed by atoms with Crippen LogP contribution in [0.15, 0.2) is 5.18 Å². The summed E-state index contributed by atoms with van der Waals surface area (Å²) in [6.07, 6.45) is 43.4. The van der Waals surface area contributed by atoms with Crippen LogP contribution in [0.2, 0.25) is 0 Å². The van der Waals surface area contributed by atoms with Crippen molar-refractivity contribution < 1.29 is 19.1 Å². The van der Waals surface area contributed by atoms with E-state index in [4.69, 9.17) is 9.47 Å². The standard InChI is InChI=1S/C50H98N2O5/c1-5-9-13-17-21-23-27-31-37-47(35-29-25-19-15-11-7-3)45-56-49(53)39-33-42-52(44-41-51-55)43-34-40-50(54)57-46-48(36-30-26-20-16-12-8-4)38-32-28-24-22-18-14-10-6-2/h47-48H,5-46H2,1-4H3. The van der Waals surface area contributed by atoms with E-state index in [1.54, 1.807) is 0 Å². The number of nitrogens with zero attached hydrogens (tertiary/aromatic N) is 2. The summed E-state index contributed by atoms with van der Waals surface area (Å²) < 4.78 is 11.7. The lowest BCUT2D eigenvalue weighted by Crippen LogP contribution is -2.29. The Morgan fingerprint density at radius 3 is 0.965 bits per heavy atom. The summed E-state index contributed by atoms with van der Waals surface area (Å²) in [7, 11) is 0. The Hall–Kier alpha value is -1.50. The lowest BCUT2D eigenvalue weighted by molar-refractivity contribution is -0.146. The first kappa shape index (κ1) is 55.5. The summed E-state index contributed by atoms with van der Waals surface area (Å²) in [5.41, 5.74) is 0. The highest BCUT2D eigenvalue weighted by molar-refractivity contribution is 5.69. The zero-order chi connectivity index (χ0) is 41.7. The normalized spacial score (nSPS) is 12.6. The Labute approximate surface area is 355 Å². The smallest absolute Gasteiger partial charge is 0.305 e. The molecule has 0 aromatic carbocycles. The number of esters is 2. The summed E-state index contributed by atoms with van der Waals surface area (Å²) >= 11 is 0. The lowest BCUT2D eigenvalue weighted by atomic mass is 9.94. The second-order valence-corrected chi connectivity index (χ2v) is 17.6. The Bertz CT molecular complexity index is 793. The van der Waals surface area contributed by atoms with Crippen LogP contribution in [0.4, 0.5) is 0 Å². The minimum absolute atomic E-state index is 0.113. The van der Waals surface area contributed by atoms with Gasteiger partial charge in [-0.3, -0.25) is 9.59 Å². The van der Waals surface area contributed by atoms with Crippen LogP contribution in [0, 0.1) is 16.7 Å². The van der Waals surface area contributed by atoms with E-state index in [-0.39, 0.29) is 18.5 Å². The molecule has 0 rings (SSSR count). The molecule has 7 nitrogen and oxygen atoms in total. The molecule has 0 radical (unpaired) electrons. The molecule has 57 heavy (non-hydrogen) atoms. The average molecular weight is 807 g/mol. The van der Waals surface area contributed by atoms with Crippen LogP contribution < -0.4 is 0 Å². The summed E-state index contributed by atoms with van der Waals surface area (Å²) in [5.74, 6) is 0.703. The number of nitroso groups, excluding NO2 is 1. The van der Waals surface area contributed by atoms with Gasteiger partial charge in [-0.05, 0) is 63.5 Å². The van der Waals surface area contributed by atoms with Crippen LogP contribution >= 0.6 is 0 Å². The molecule has 0 amide bonds. The zero-order valence-electron chi connectivity index (χ0n) is 38.8. The summed E-state index contributed by atoms with van der Waals surface area (Å²) in [6, 6.07) is 0. The molecule has 0 aromatic rings. The molecule has 0 aliphatic heterocycles. The van der Waals surface area contributed by atoms with E-state index in [0.717, 1.165) is 25.7 Å². The third-order valence-corrected chi connectivity index (χ3v) is 12.0. The lowest BCUT2D eigenvalue weighted by Gasteiger charge is -2.21. The number of ether oxygens (including phenoxy) is 2. The van der Waals surface area contributed by atoms with E-state index in [2.05, 4.69) is 37.8 Å². The third-order valence-electron chi connectivity index (χ3n) is 12.0. The fraction of sp³-hybridized carbons (Fsp3) is 0.960. The monoisotopic (exact) mass is 807 g/mol. The van der Waals surface area contributed by atoms with Gasteiger partial charge in [0.25, 0.3) is 0 Å². The number of unbranched alkanes of at least 4 members (excludes halogenated alkanes) is 24. The molecular formula is C50H98N2O5. The summed E-state index contributed by atoms with van der Waals surface area (Å²) in [5, 5.41) is 3.08. The highest BCUT2D eigenvalue weighted by Crippen LogP contribution is 2.22. The van der Waals surface area contributed by atoms with Gasteiger partial charge in [-0.2, -0.15) is 4.91 Å². The van der Waals surface area contributed by atoms with Crippen LogP contribution in [0.5, 0.6) is 0 Å². The van der Waals surface area contributed by atoms with E-state index in [9.17, 15) is 14.5 Å². The first-order valence-corrected chi connectivity index (χ1v) is 25.3. The second kappa shape index (κ2) is 45.6. The Kier molecular flexibility index (Phi) is 44.4. The fourth-order valence-electron chi connectivity index (χ4n) is 8.16. The second-order valence-electron chi connectivity index (χ2n) is 17.6. The third kappa shape index (κ3) is 41.0. The SMILES string of the molecule is CCCCCCCCCCC(CCCCCCCC)COC(=O)CCCN(CCCC(=O)OCC(CCCCCCCC)CCCCCCCCCC)CCN=O. The minimum atomic E-state index is -0.113. The van der Waals surface area contributed by atoms with Crippen molar-refractivity contribution in [1.29, 1.82) is 0 Å². The van der Waals surface area contributed by atoms with Crippen molar-refractivity contribution in [2.45, 2.75) is 259 Å². The first-order chi connectivity index (χ1) is 28.0. The Balaban J connectivity index is 4.64. The van der Waals surface area contributed by atoms with Crippen molar-refractivity contribution >= 4 is 11.9 Å². The van der Waals surface area contributed by atoms with Crippen molar-refractivity contribution in [3.8, 4) is 0 Å². The molecule has 7 heteroatoms. The summed E-state index contributed by atoms with van der Waals surface area (Å²) in [4.78, 5) is 38.8. The molecule has 0 saturated heterocycles. The molecular weight excluding hydrogens is 709 g/mol. The van der Waals surface area contributed by atoms with Gasteiger partial charge in [0.1, 0.15) is 0 Å². The van der Waals surface area contributed by atoms with Gasteiger partial charge in [-0.25, -0.2) is 0 Å². The molecule has 0 fully saturated rings. The molecule has 0 aliphatic carbocycles. The number of hydrogen-bond acceptors (Lipinski definition) is 7. The topological polar surface area (TPSA) is 85.3 Å². The van der Waals surface area contributed by atoms with E-state index in [1.165, 1.54) is 180 Å². The van der Waals surface area contributed by atoms with Gasteiger partial charge >= 0.3 is 11.9 Å². The Morgan fingerprint density at radius 1 is 0.404 bits per heavy atom. The first-order valence-electron chi connectivity index (χ1n) is 25.3. The molecule has 0 aromatic heterocycles. The Morgan fingerprint density at radius 2 is 0.684 bits per heavy atom. The quantitative estimate of drug-likeness (QED) is 0.0346. The molecule has 338 valence electrons. The fourth-order valence-corrected chi connectivity index (χ4v) is 8.16. The molecule has 2 unspecified atom stereocenters. The molecule has 0 heterocycles. The molecule has 0 bridgehead atoms. The highest BCUT2D eigenvalue weighted by atomic mass is 16.5. The van der Waals surface area contributed by atoms with E-state index in [0.29, 0.717) is 70.4 Å². The number of carbonyl (C=O) groups is 2. The number of hydrogen-bond donors (Lipinski definition) is 0. The predicted octanol–water partition coefficient (Wildman–Crippen LogP) is 15.5. The molecule has 2 atom stereocenters. The molecule has 0 spiro atoms. The van der Waals surface area contributed by atoms with Gasteiger partial charge in [0.2, 0.25) is 0 Å². The molecule has 0 N–H and O–H groups in total. The zero-order valence-corrected chi connectivity index (χ0v) is 38.8. The maximum atomic E-state index is 12.8. The molecule has 0 saturated carbocycles. The van der Waals surface area contributed by atoms with E-state index >= 15 is 0 Å². The van der Waals surface area contributed by atoms with Crippen LogP contribution in [0.3, 0.4) is 0 Å².